The van der Waals surface area contributed by atoms with Crippen LogP contribution in [0, 0.1) is 5.92 Å². The molecular formula is C23H32N2O3S. The molecule has 0 bridgehead atoms. The zero-order valence-corrected chi connectivity index (χ0v) is 18.4. The lowest BCUT2D eigenvalue weighted by atomic mass is 9.99. The van der Waals surface area contributed by atoms with Crippen molar-refractivity contribution in [2.75, 3.05) is 17.1 Å². The largest absolute Gasteiger partial charge is 0.352 e. The summed E-state index contributed by atoms with van der Waals surface area (Å²) in [6.07, 6.45) is 5.73. The lowest BCUT2D eigenvalue weighted by Crippen LogP contribution is -2.30. The summed E-state index contributed by atoms with van der Waals surface area (Å²) < 4.78 is 25.8. The molecule has 2 aromatic rings. The average Bonchev–Trinajstić information content (AvgIpc) is 2.72. The van der Waals surface area contributed by atoms with Crippen molar-refractivity contribution in [2.24, 2.45) is 5.92 Å². The van der Waals surface area contributed by atoms with Gasteiger partial charge in [0.15, 0.2) is 0 Å². The van der Waals surface area contributed by atoms with Crippen LogP contribution in [0.4, 0.5) is 5.69 Å². The molecule has 0 aliphatic heterocycles. The summed E-state index contributed by atoms with van der Waals surface area (Å²) in [5.74, 6) is 0.418. The van der Waals surface area contributed by atoms with E-state index < -0.39 is 10.0 Å². The number of amides is 1. The fourth-order valence-electron chi connectivity index (χ4n) is 3.20. The Morgan fingerprint density at radius 2 is 1.69 bits per heavy atom. The predicted octanol–water partition coefficient (Wildman–Crippen LogP) is 4.60. The van der Waals surface area contributed by atoms with Gasteiger partial charge in [0.1, 0.15) is 0 Å². The molecule has 0 aromatic heterocycles. The summed E-state index contributed by atoms with van der Waals surface area (Å²) in [4.78, 5) is 12.4. The number of nitrogens with one attached hydrogen (secondary N) is 1. The van der Waals surface area contributed by atoms with Crippen LogP contribution in [-0.4, -0.2) is 27.1 Å². The summed E-state index contributed by atoms with van der Waals surface area (Å²) >= 11 is 0. The van der Waals surface area contributed by atoms with Crippen molar-refractivity contribution >= 4 is 21.6 Å². The van der Waals surface area contributed by atoms with Crippen molar-refractivity contribution in [3.63, 3.8) is 0 Å². The molecule has 0 fully saturated rings. The van der Waals surface area contributed by atoms with E-state index in [1.165, 1.54) is 23.4 Å². The van der Waals surface area contributed by atoms with Crippen LogP contribution in [0.1, 0.15) is 55.5 Å². The molecule has 0 saturated heterocycles. The normalized spacial score (nSPS) is 12.4. The van der Waals surface area contributed by atoms with Gasteiger partial charge in [-0.3, -0.25) is 9.10 Å². The van der Waals surface area contributed by atoms with E-state index in [9.17, 15) is 13.2 Å². The number of rotatable bonds is 11. The van der Waals surface area contributed by atoms with Crippen LogP contribution in [-0.2, 0) is 16.6 Å². The first-order valence-electron chi connectivity index (χ1n) is 10.2. The number of carbonyl (C=O) groups is 1. The summed E-state index contributed by atoms with van der Waals surface area (Å²) in [5, 5.41) is 3.02. The Bertz CT molecular complexity index is 865. The molecule has 2 rings (SSSR count). The maximum atomic E-state index is 12.4. The fraction of sp³-hybridized carbons (Fsp3) is 0.435. The van der Waals surface area contributed by atoms with E-state index >= 15 is 0 Å². The van der Waals surface area contributed by atoms with Gasteiger partial charge in [0.05, 0.1) is 18.5 Å². The number of para-hydroxylation sites is 1. The van der Waals surface area contributed by atoms with Gasteiger partial charge < -0.3 is 5.32 Å². The maximum absolute atomic E-state index is 12.4. The molecular weight excluding hydrogens is 384 g/mol. The monoisotopic (exact) mass is 416 g/mol. The molecule has 0 radical (unpaired) electrons. The molecule has 5 nitrogen and oxygen atoms in total. The number of hydrogen-bond acceptors (Lipinski definition) is 3. The lowest BCUT2D eigenvalue weighted by Gasteiger charge is -2.22. The van der Waals surface area contributed by atoms with Crippen molar-refractivity contribution in [1.82, 2.24) is 5.32 Å². The third-order valence-electron chi connectivity index (χ3n) is 5.08. The minimum Gasteiger partial charge on any atom is -0.352 e. The smallest absolute Gasteiger partial charge is 0.251 e. The molecule has 2 aromatic carbocycles. The van der Waals surface area contributed by atoms with Crippen LogP contribution in [0.2, 0.25) is 0 Å². The van der Waals surface area contributed by atoms with Gasteiger partial charge in [-0.2, -0.15) is 0 Å². The van der Waals surface area contributed by atoms with E-state index in [2.05, 4.69) is 19.2 Å². The predicted molar refractivity (Wildman–Crippen MR) is 120 cm³/mol. The van der Waals surface area contributed by atoms with Gasteiger partial charge in [-0.15, -0.1) is 0 Å². The topological polar surface area (TPSA) is 66.5 Å². The minimum atomic E-state index is -3.42. The first kappa shape index (κ1) is 22.9. The Balaban J connectivity index is 2.02. The zero-order chi connectivity index (χ0) is 21.3. The van der Waals surface area contributed by atoms with Gasteiger partial charge >= 0.3 is 0 Å². The van der Waals surface area contributed by atoms with Gasteiger partial charge in [-0.05, 0) is 42.2 Å². The number of unbranched alkanes of at least 4 members (excludes halogenated alkanes) is 1. The van der Waals surface area contributed by atoms with E-state index in [-0.39, 0.29) is 12.5 Å². The van der Waals surface area contributed by atoms with Gasteiger partial charge in [0.25, 0.3) is 5.91 Å². The molecule has 158 valence electrons. The second-order valence-corrected chi connectivity index (χ2v) is 9.34. The van der Waals surface area contributed by atoms with Crippen molar-refractivity contribution in [1.29, 1.82) is 0 Å². The Morgan fingerprint density at radius 1 is 1.03 bits per heavy atom. The van der Waals surface area contributed by atoms with Crippen LogP contribution >= 0.6 is 0 Å². The standard InChI is InChI=1S/C23H32N2O3S/c1-4-6-10-19(5-2)17-24-23(26)21-15-13-20(14-16-21)18-25(29(3,27)28)22-11-8-7-9-12-22/h7-9,11-16,19H,4-6,10,17-18H2,1-3H3,(H,24,26)/t19-/m1/s1. The highest BCUT2D eigenvalue weighted by Gasteiger charge is 2.18. The fourth-order valence-corrected chi connectivity index (χ4v) is 4.09. The molecule has 1 atom stereocenters. The van der Waals surface area contributed by atoms with Gasteiger partial charge in [-0.25, -0.2) is 8.42 Å². The number of benzene rings is 2. The van der Waals surface area contributed by atoms with Gasteiger partial charge in [0, 0.05) is 12.1 Å². The Kier molecular flexibility index (Phi) is 8.70. The number of carbonyl (C=O) groups excluding carboxylic acids is 1. The van der Waals surface area contributed by atoms with Crippen LogP contribution in [0.5, 0.6) is 0 Å². The van der Waals surface area contributed by atoms with Crippen molar-refractivity contribution < 1.29 is 13.2 Å². The molecule has 6 heteroatoms. The molecule has 1 N–H and O–H groups in total. The quantitative estimate of drug-likeness (QED) is 0.582. The number of sulfonamides is 1. The van der Waals surface area contributed by atoms with E-state index in [4.69, 9.17) is 0 Å². The van der Waals surface area contributed by atoms with Crippen LogP contribution in [0.15, 0.2) is 54.6 Å². The summed E-state index contributed by atoms with van der Waals surface area (Å²) in [5.41, 5.74) is 2.03. The molecule has 29 heavy (non-hydrogen) atoms. The third kappa shape index (κ3) is 7.20. The highest BCUT2D eigenvalue weighted by atomic mass is 32.2. The highest BCUT2D eigenvalue weighted by molar-refractivity contribution is 7.92. The molecule has 0 spiro atoms. The Labute approximate surface area is 175 Å². The van der Waals surface area contributed by atoms with E-state index in [1.807, 2.05) is 30.3 Å². The molecule has 0 aliphatic carbocycles. The van der Waals surface area contributed by atoms with Crippen LogP contribution < -0.4 is 9.62 Å². The second-order valence-electron chi connectivity index (χ2n) is 7.43. The third-order valence-corrected chi connectivity index (χ3v) is 6.22. The first-order chi connectivity index (χ1) is 13.8. The van der Waals surface area contributed by atoms with E-state index in [0.717, 1.165) is 18.4 Å². The lowest BCUT2D eigenvalue weighted by molar-refractivity contribution is 0.0946. The van der Waals surface area contributed by atoms with E-state index in [1.54, 1.807) is 24.3 Å². The maximum Gasteiger partial charge on any atom is 0.251 e. The van der Waals surface area contributed by atoms with Gasteiger partial charge in [-0.1, -0.05) is 63.4 Å². The molecule has 0 aliphatic rings. The van der Waals surface area contributed by atoms with Crippen molar-refractivity contribution in [3.8, 4) is 0 Å². The molecule has 1 amide bonds. The SMILES string of the molecule is CCCC[C@@H](CC)CNC(=O)c1ccc(CN(c2ccccc2)S(C)(=O)=O)cc1. The van der Waals surface area contributed by atoms with Crippen LogP contribution in [0.25, 0.3) is 0 Å². The summed E-state index contributed by atoms with van der Waals surface area (Å²) in [7, 11) is -3.42. The van der Waals surface area contributed by atoms with Gasteiger partial charge in [0.2, 0.25) is 10.0 Å². The first-order valence-corrected chi connectivity index (χ1v) is 12.1. The molecule has 0 heterocycles. The van der Waals surface area contributed by atoms with Crippen molar-refractivity contribution in [3.05, 3.63) is 65.7 Å². The van der Waals surface area contributed by atoms with E-state index in [0.29, 0.717) is 23.7 Å². The zero-order valence-electron chi connectivity index (χ0n) is 17.6. The number of hydrogen-bond donors (Lipinski definition) is 1. The molecule has 0 saturated carbocycles. The second kappa shape index (κ2) is 11.0. The summed E-state index contributed by atoms with van der Waals surface area (Å²) in [6, 6.07) is 16.1. The highest BCUT2D eigenvalue weighted by Crippen LogP contribution is 2.20. The van der Waals surface area contributed by atoms with Crippen molar-refractivity contribution in [2.45, 2.75) is 46.1 Å². The number of anilines is 1. The Morgan fingerprint density at radius 3 is 2.24 bits per heavy atom. The molecule has 0 unspecified atom stereocenters. The Hall–Kier alpha value is -2.34. The van der Waals surface area contributed by atoms with Crippen LogP contribution in [0.3, 0.4) is 0 Å². The summed E-state index contributed by atoms with van der Waals surface area (Å²) in [6.45, 7) is 5.24. The average molecular weight is 417 g/mol. The number of nitrogens with zero attached hydrogens (tertiary/aromatic N) is 1. The minimum absolute atomic E-state index is 0.0884.